The van der Waals surface area contributed by atoms with Gasteiger partial charge >= 0.3 is 6.03 Å². The van der Waals surface area contributed by atoms with Gasteiger partial charge in [0.25, 0.3) is 0 Å². The molecule has 2 bridgehead atoms. The number of anilines is 1. The fourth-order valence-electron chi connectivity index (χ4n) is 4.45. The Balaban J connectivity index is 1.76. The first-order valence-corrected chi connectivity index (χ1v) is 8.40. The van der Waals surface area contributed by atoms with E-state index < -0.39 is 0 Å². The van der Waals surface area contributed by atoms with E-state index in [0.29, 0.717) is 11.5 Å². The van der Waals surface area contributed by atoms with Gasteiger partial charge in [-0.1, -0.05) is 32.9 Å². The number of carbonyl (C=O) groups is 1. The fraction of sp³-hybridized carbons (Fsp3) is 0.588. The first-order chi connectivity index (χ1) is 9.78. The summed E-state index contributed by atoms with van der Waals surface area (Å²) in [5.74, 6) is 0. The monoisotopic (exact) mass is 350 g/mol. The lowest BCUT2D eigenvalue weighted by molar-refractivity contribution is 0.130. The summed E-state index contributed by atoms with van der Waals surface area (Å²) >= 11 is 3.49. The van der Waals surface area contributed by atoms with E-state index in [1.165, 1.54) is 6.42 Å². The third kappa shape index (κ3) is 2.96. The zero-order valence-electron chi connectivity index (χ0n) is 12.9. The van der Waals surface area contributed by atoms with E-state index in [-0.39, 0.29) is 11.4 Å². The Morgan fingerprint density at radius 2 is 2.00 bits per heavy atom. The lowest BCUT2D eigenvalue weighted by Gasteiger charge is -2.39. The van der Waals surface area contributed by atoms with E-state index in [9.17, 15) is 4.79 Å². The van der Waals surface area contributed by atoms with Crippen molar-refractivity contribution in [2.75, 3.05) is 11.9 Å². The predicted octanol–water partition coefficient (Wildman–Crippen LogP) is 4.88. The Kier molecular flexibility index (Phi) is 3.55. The molecule has 2 amide bonds. The molecule has 1 heterocycles. The minimum absolute atomic E-state index is 0.0355. The van der Waals surface area contributed by atoms with Crippen molar-refractivity contribution in [3.05, 3.63) is 28.7 Å². The van der Waals surface area contributed by atoms with Crippen molar-refractivity contribution >= 4 is 27.6 Å². The maximum atomic E-state index is 12.7. The molecule has 1 aliphatic heterocycles. The Morgan fingerprint density at radius 1 is 1.29 bits per heavy atom. The minimum atomic E-state index is 0.0355. The van der Waals surface area contributed by atoms with Crippen LogP contribution < -0.4 is 5.32 Å². The highest BCUT2D eigenvalue weighted by atomic mass is 79.9. The number of urea groups is 1. The number of nitrogens with one attached hydrogen (secondary N) is 1. The predicted molar refractivity (Wildman–Crippen MR) is 89.4 cm³/mol. The summed E-state index contributed by atoms with van der Waals surface area (Å²) in [6.45, 7) is 7.85. The third-order valence-corrected chi connectivity index (χ3v) is 5.48. The van der Waals surface area contributed by atoms with Crippen LogP contribution in [0.4, 0.5) is 10.5 Å². The van der Waals surface area contributed by atoms with Crippen LogP contribution in [0.25, 0.3) is 0 Å². The minimum Gasteiger partial charge on any atom is -0.321 e. The number of nitrogens with zero attached hydrogens (tertiary/aromatic N) is 1. The van der Waals surface area contributed by atoms with Gasteiger partial charge < -0.3 is 10.2 Å². The number of rotatable bonds is 1. The van der Waals surface area contributed by atoms with Crippen molar-refractivity contribution in [3.63, 3.8) is 0 Å². The average Bonchev–Trinajstić information content (AvgIpc) is 2.61. The van der Waals surface area contributed by atoms with Gasteiger partial charge in [0.15, 0.2) is 0 Å². The Labute approximate surface area is 135 Å². The molecule has 1 N–H and O–H groups in total. The fourth-order valence-corrected chi connectivity index (χ4v) is 4.83. The number of benzene rings is 1. The maximum Gasteiger partial charge on any atom is 0.322 e. The lowest BCUT2D eigenvalue weighted by atomic mass is 9.65. The number of halogens is 1. The molecule has 1 aliphatic carbocycles. The first-order valence-electron chi connectivity index (χ1n) is 7.60. The molecule has 2 fully saturated rings. The molecule has 2 atom stereocenters. The van der Waals surface area contributed by atoms with E-state index >= 15 is 0 Å². The van der Waals surface area contributed by atoms with Crippen LogP contribution in [-0.2, 0) is 0 Å². The smallest absolute Gasteiger partial charge is 0.321 e. The molecule has 1 saturated heterocycles. The molecule has 0 radical (unpaired) electrons. The van der Waals surface area contributed by atoms with Crippen LogP contribution in [0.5, 0.6) is 0 Å². The Hall–Kier alpha value is -1.03. The van der Waals surface area contributed by atoms with Crippen LogP contribution in [0.3, 0.4) is 0 Å². The molecule has 21 heavy (non-hydrogen) atoms. The van der Waals surface area contributed by atoms with Gasteiger partial charge in [0.1, 0.15) is 0 Å². The molecule has 2 aliphatic rings. The standard InChI is InChI=1S/C17H23BrN2O/c1-16(2)8-12-9-17(3,10-16)11-20(12)15(21)19-14-7-5-4-6-13(14)18/h4-7,12H,8-11H2,1-3H3,(H,19,21). The number of carbonyl (C=O) groups excluding carboxylic acids is 1. The number of likely N-dealkylation sites (tertiary alicyclic amines) is 1. The van der Waals surface area contributed by atoms with Crippen LogP contribution in [-0.4, -0.2) is 23.5 Å². The molecule has 3 nitrogen and oxygen atoms in total. The number of hydrogen-bond donors (Lipinski definition) is 1. The molecule has 1 aromatic carbocycles. The van der Waals surface area contributed by atoms with Gasteiger partial charge in [-0.2, -0.15) is 0 Å². The summed E-state index contributed by atoms with van der Waals surface area (Å²) in [7, 11) is 0. The van der Waals surface area contributed by atoms with Crippen molar-refractivity contribution in [2.24, 2.45) is 10.8 Å². The molecule has 1 aromatic rings. The molecule has 1 saturated carbocycles. The first kappa shape index (κ1) is 14.9. The zero-order valence-corrected chi connectivity index (χ0v) is 14.5. The van der Waals surface area contributed by atoms with Gasteiger partial charge in [-0.25, -0.2) is 4.79 Å². The van der Waals surface area contributed by atoms with Crippen LogP contribution in [0.15, 0.2) is 28.7 Å². The highest BCUT2D eigenvalue weighted by Crippen LogP contribution is 2.52. The quantitative estimate of drug-likeness (QED) is 0.768. The van der Waals surface area contributed by atoms with Gasteiger partial charge in [-0.05, 0) is 58.2 Å². The van der Waals surface area contributed by atoms with E-state index in [1.807, 2.05) is 29.2 Å². The molecule has 2 unspecified atom stereocenters. The largest absolute Gasteiger partial charge is 0.322 e. The van der Waals surface area contributed by atoms with Crippen molar-refractivity contribution in [1.29, 1.82) is 0 Å². The molecule has 3 rings (SSSR count). The van der Waals surface area contributed by atoms with Crippen molar-refractivity contribution in [1.82, 2.24) is 4.90 Å². The second-order valence-corrected chi connectivity index (χ2v) is 8.61. The summed E-state index contributed by atoms with van der Waals surface area (Å²) in [5.41, 5.74) is 1.45. The molecular weight excluding hydrogens is 328 g/mol. The van der Waals surface area contributed by atoms with Gasteiger partial charge in [0.2, 0.25) is 0 Å². The highest BCUT2D eigenvalue weighted by Gasteiger charge is 2.51. The molecule has 0 aromatic heterocycles. The van der Waals surface area contributed by atoms with Crippen molar-refractivity contribution < 1.29 is 4.79 Å². The van der Waals surface area contributed by atoms with E-state index in [4.69, 9.17) is 0 Å². The van der Waals surface area contributed by atoms with Gasteiger partial charge in [-0.15, -0.1) is 0 Å². The molecule has 4 heteroatoms. The zero-order chi connectivity index (χ0) is 15.3. The average molecular weight is 351 g/mol. The van der Waals surface area contributed by atoms with Gasteiger partial charge in [-0.3, -0.25) is 0 Å². The van der Waals surface area contributed by atoms with E-state index in [0.717, 1.165) is 29.5 Å². The highest BCUT2D eigenvalue weighted by molar-refractivity contribution is 9.10. The topological polar surface area (TPSA) is 32.3 Å². The van der Waals surface area contributed by atoms with Crippen LogP contribution in [0.1, 0.15) is 40.0 Å². The summed E-state index contributed by atoms with van der Waals surface area (Å²) in [6.07, 6.45) is 3.45. The summed E-state index contributed by atoms with van der Waals surface area (Å²) in [5, 5.41) is 3.05. The summed E-state index contributed by atoms with van der Waals surface area (Å²) in [6, 6.07) is 8.17. The van der Waals surface area contributed by atoms with Crippen molar-refractivity contribution in [3.8, 4) is 0 Å². The van der Waals surface area contributed by atoms with Crippen molar-refractivity contribution in [2.45, 2.75) is 46.1 Å². The number of para-hydroxylation sites is 1. The molecular formula is C17H23BrN2O. The summed E-state index contributed by atoms with van der Waals surface area (Å²) < 4.78 is 0.923. The summed E-state index contributed by atoms with van der Waals surface area (Å²) in [4.78, 5) is 14.7. The van der Waals surface area contributed by atoms with E-state index in [1.54, 1.807) is 0 Å². The van der Waals surface area contributed by atoms with E-state index in [2.05, 4.69) is 42.0 Å². The normalized spacial score (nSPS) is 30.3. The number of hydrogen-bond acceptors (Lipinski definition) is 1. The Bertz CT molecular complexity index is 572. The second kappa shape index (κ2) is 5.01. The molecule has 114 valence electrons. The van der Waals surface area contributed by atoms with Gasteiger partial charge in [0, 0.05) is 17.1 Å². The maximum absolute atomic E-state index is 12.7. The SMILES string of the molecule is CC1(C)CC2CC(C)(CN2C(=O)Nc2ccccc2Br)C1. The second-order valence-electron chi connectivity index (χ2n) is 7.75. The number of amides is 2. The van der Waals surface area contributed by atoms with Crippen LogP contribution in [0, 0.1) is 10.8 Å². The third-order valence-electron chi connectivity index (χ3n) is 4.79. The Morgan fingerprint density at radius 3 is 2.71 bits per heavy atom. The number of fused-ring (bicyclic) bond motifs is 2. The lowest BCUT2D eigenvalue weighted by Crippen LogP contribution is -2.40. The molecule has 0 spiro atoms. The van der Waals surface area contributed by atoms with Crippen LogP contribution in [0.2, 0.25) is 0 Å². The van der Waals surface area contributed by atoms with Gasteiger partial charge in [0.05, 0.1) is 5.69 Å². The van der Waals surface area contributed by atoms with Crippen LogP contribution >= 0.6 is 15.9 Å².